The Morgan fingerprint density at radius 1 is 0.380 bits per heavy atom. The number of amidine groups is 2. The highest BCUT2D eigenvalue weighted by molar-refractivity contribution is 8.00. The molecule has 21 nitrogen and oxygen atoms in total. The van der Waals surface area contributed by atoms with Gasteiger partial charge >= 0.3 is 0 Å². The van der Waals surface area contributed by atoms with Gasteiger partial charge in [0.05, 0.1) is 212 Å². The van der Waals surface area contributed by atoms with E-state index in [1.165, 1.54) is 0 Å². The summed E-state index contributed by atoms with van der Waals surface area (Å²) in [6.07, 6.45) is 6.38. The highest BCUT2D eigenvalue weighted by Crippen LogP contribution is 2.57. The number of hydrogen-bond donors (Lipinski definition) is 1. The first-order valence-corrected chi connectivity index (χ1v) is 53.2. The Bertz CT molecular complexity index is 5270. The summed E-state index contributed by atoms with van der Waals surface area (Å²) in [5, 5.41) is 5.04. The van der Waals surface area contributed by atoms with Crippen LogP contribution in [0.5, 0.6) is 40.2 Å². The quantitative estimate of drug-likeness (QED) is 0.0217. The minimum Gasteiger partial charge on any atom is -0.492 e. The van der Waals surface area contributed by atoms with Crippen molar-refractivity contribution in [2.75, 3.05) is 177 Å². The topological polar surface area (TPSA) is 173 Å². The van der Waals surface area contributed by atoms with Crippen LogP contribution in [0.3, 0.4) is 0 Å². The normalized spacial score (nSPS) is 13.5. The summed E-state index contributed by atoms with van der Waals surface area (Å²) in [7, 11) is 9.29. The number of aromatic amines is 1. The molecular formula is C101H159Cl4N12O9S3+5. The molecule has 0 amide bonds. The lowest BCUT2D eigenvalue weighted by Crippen LogP contribution is -2.45. The van der Waals surface area contributed by atoms with Gasteiger partial charge in [-0.1, -0.05) is 162 Å². The average molecular weight is 1920 g/mol. The number of fused-ring (bicyclic) bond motifs is 15. The molecule has 0 saturated carbocycles. The minimum atomic E-state index is 0.126. The lowest BCUT2D eigenvalue weighted by molar-refractivity contribution is -0.906. The fourth-order valence-electron chi connectivity index (χ4n) is 15.8. The lowest BCUT2D eigenvalue weighted by Gasteiger charge is -2.32. The van der Waals surface area contributed by atoms with E-state index in [4.69, 9.17) is 114 Å². The van der Waals surface area contributed by atoms with Gasteiger partial charge in [0.1, 0.15) is 43.6 Å². The predicted octanol–water partition coefficient (Wildman–Crippen LogP) is 24.8. The molecule has 4 aromatic carbocycles. The number of hydrogen-bond acceptors (Lipinski definition) is 17. The first-order valence-electron chi connectivity index (χ1n) is 48.7. The molecular weight excluding hydrogens is 1760 g/mol. The Labute approximate surface area is 805 Å². The summed E-state index contributed by atoms with van der Waals surface area (Å²) < 4.78 is 74.5. The number of nitrogens with one attached hydrogen (secondary N) is 1. The van der Waals surface area contributed by atoms with Crippen LogP contribution in [0.2, 0.25) is 20.1 Å². The van der Waals surface area contributed by atoms with E-state index in [9.17, 15) is 0 Å². The maximum Gasteiger partial charge on any atom is 0.287 e. The second kappa shape index (κ2) is 47.4. The van der Waals surface area contributed by atoms with Crippen molar-refractivity contribution < 1.29 is 65.2 Å². The van der Waals surface area contributed by atoms with Gasteiger partial charge in [-0.2, -0.15) is 9.62 Å². The van der Waals surface area contributed by atoms with Gasteiger partial charge in [-0.25, -0.2) is 9.98 Å². The van der Waals surface area contributed by atoms with Gasteiger partial charge in [0.25, 0.3) is 17.3 Å². The van der Waals surface area contributed by atoms with Gasteiger partial charge in [-0.3, -0.25) is 0 Å². The van der Waals surface area contributed by atoms with Crippen molar-refractivity contribution in [2.45, 2.75) is 245 Å². The second-order valence-electron chi connectivity index (χ2n) is 40.2. The third kappa shape index (κ3) is 25.1. The molecule has 718 valence electrons. The molecule has 28 heteroatoms. The van der Waals surface area contributed by atoms with Crippen LogP contribution in [-0.2, 0) is 17.8 Å². The van der Waals surface area contributed by atoms with E-state index in [-0.39, 0.29) is 71.4 Å². The average Bonchev–Trinajstić information content (AvgIpc) is 1.53. The number of quaternary nitrogens is 4. The smallest absolute Gasteiger partial charge is 0.287 e. The van der Waals surface area contributed by atoms with E-state index < -0.39 is 0 Å². The van der Waals surface area contributed by atoms with Gasteiger partial charge in [0.2, 0.25) is 11.3 Å². The standard InChI is InChI=1S/C101H158Cl4N12O9S3/c1-29-114(25,30-2)46-37-38-70-80(102)87(122-53-42-65(15)16)79-78(84(70)119-50-39-62(9)10)101-111-100-77-72(71(61-118-60-69(23)24)91(127-57-47-115(26,31-3)32-4)81(103)88(77)123-54-43-66(17)18)98-109-96-74-75(89(124-55-44-67(19)20)92(128-58-48-116(27,33-5)34-6)83(105)86(74)121-52-41-64(13)14)95(108-96)106-94-73-76(97(107-94)110-99(79)113(101)126-112(98)100)90(125-56-45-68(21)22)93(129-59-49-117(28,35-7)36-8)82(104)85(73)120-51-40-63(11)12/h62-69H,29-61H2,1-28H3/q+4/p+1. The molecule has 129 heavy (non-hydrogen) atoms. The van der Waals surface area contributed by atoms with Crippen molar-refractivity contribution in [3.63, 3.8) is 0 Å². The zero-order valence-corrected chi connectivity index (χ0v) is 89.3. The molecule has 0 fully saturated rings. The molecule has 6 heterocycles. The van der Waals surface area contributed by atoms with Crippen LogP contribution in [0.1, 0.15) is 240 Å². The highest BCUT2D eigenvalue weighted by atomic mass is 35.5. The first kappa shape index (κ1) is 106. The number of ether oxygens (including phenoxy) is 8. The number of nitrogens with zero attached hydrogens (tertiary/aromatic N) is 11. The summed E-state index contributed by atoms with van der Waals surface area (Å²) in [6, 6.07) is 0. The zero-order chi connectivity index (χ0) is 94.3. The predicted molar refractivity (Wildman–Crippen MR) is 543 cm³/mol. The highest BCUT2D eigenvalue weighted by Gasteiger charge is 2.44. The van der Waals surface area contributed by atoms with Crippen molar-refractivity contribution in [1.29, 1.82) is 0 Å². The van der Waals surface area contributed by atoms with Gasteiger partial charge in [0, 0.05) is 46.3 Å². The number of thioether (sulfide) groups is 3. The van der Waals surface area contributed by atoms with Crippen LogP contribution in [0.15, 0.2) is 39.3 Å². The Kier molecular flexibility index (Phi) is 38.9. The Morgan fingerprint density at radius 2 is 0.752 bits per heavy atom. The van der Waals surface area contributed by atoms with E-state index in [1.54, 1.807) is 44.6 Å². The second-order valence-corrected chi connectivity index (χ2v) is 45.0. The Morgan fingerprint density at radius 3 is 1.22 bits per heavy atom. The number of aliphatic imine (C=N–C) groups is 2. The maximum absolute atomic E-state index is 8.42. The van der Waals surface area contributed by atoms with Crippen LogP contribution in [0.25, 0.3) is 43.8 Å². The van der Waals surface area contributed by atoms with E-state index in [0.717, 1.165) is 155 Å². The van der Waals surface area contributed by atoms with Crippen molar-refractivity contribution in [3.05, 3.63) is 53.3 Å². The summed E-state index contributed by atoms with van der Waals surface area (Å²) in [5.41, 5.74) is 3.64. The van der Waals surface area contributed by atoms with Crippen molar-refractivity contribution in [2.24, 2.45) is 67.3 Å². The van der Waals surface area contributed by atoms with Gasteiger partial charge < -0.3 is 60.8 Å². The molecule has 6 aromatic rings. The van der Waals surface area contributed by atoms with Crippen molar-refractivity contribution in [3.8, 4) is 46.1 Å². The molecule has 1 N–H and O–H groups in total. The molecule has 4 aliphatic rings. The maximum atomic E-state index is 8.42. The number of benzene rings is 4. The SMILES string of the molecule is CC[N+](C)(CC)CCCc1c(Cl)c(OCCC(C)C)c2c3n4o[n+]5c(c6c(COCC(C)C)c(SCC[N+](C)(CC)CC)c(Cl)c(OCCC(C)C)c6c-5nc4c2c1OCCC(C)C)N=c1[nH]c(c2c(OCCC(C)C)c(SCC[N+](C)(CC)CC)c(Cl)c(OCCC(C)C)c12)=NC1=NC(=N3)c2c(OCCC(C)C)c(SCC[N+](C)(CC)CC)c(Cl)c(OCCC(C)C)c21. The third-order valence-electron chi connectivity index (χ3n) is 26.7. The molecule has 6 bridgehead atoms. The summed E-state index contributed by atoms with van der Waals surface area (Å²) in [5.74, 6) is 8.83. The van der Waals surface area contributed by atoms with E-state index >= 15 is 0 Å². The monoisotopic (exact) mass is 1920 g/mol. The first-order chi connectivity index (χ1) is 61.3. The molecule has 0 unspecified atom stereocenters. The largest absolute Gasteiger partial charge is 0.492 e. The third-order valence-corrected chi connectivity index (χ3v) is 31.8. The summed E-state index contributed by atoms with van der Waals surface area (Å²) in [4.78, 5) is 36.8. The van der Waals surface area contributed by atoms with Crippen molar-refractivity contribution in [1.82, 2.24) is 14.5 Å². The number of rotatable bonds is 56. The molecule has 10 rings (SSSR count). The molecule has 2 aromatic heterocycles. The Hall–Kier alpha value is -5.35. The molecule has 4 aliphatic heterocycles. The van der Waals surface area contributed by atoms with E-state index in [0.29, 0.717) is 227 Å². The van der Waals surface area contributed by atoms with Crippen molar-refractivity contribution >= 4 is 143 Å². The van der Waals surface area contributed by atoms with Gasteiger partial charge in [-0.05, 0) is 163 Å². The van der Waals surface area contributed by atoms with Gasteiger partial charge in [0.15, 0.2) is 34.7 Å². The molecule has 0 radical (unpaired) electrons. The lowest BCUT2D eigenvalue weighted by atomic mass is 10.0. The number of H-pyrrole nitrogens is 1. The molecule has 0 atom stereocenters. The fraction of sp³-hybridized carbons (Fsp3) is 0.683. The van der Waals surface area contributed by atoms with Gasteiger partial charge in [-0.15, -0.1) is 40.3 Å². The zero-order valence-electron chi connectivity index (χ0n) is 83.8. The van der Waals surface area contributed by atoms with Crippen LogP contribution < -0.4 is 48.9 Å². The van der Waals surface area contributed by atoms with Crippen LogP contribution >= 0.6 is 81.7 Å². The van der Waals surface area contributed by atoms with Crippen LogP contribution in [0, 0.1) is 47.3 Å². The van der Waals surface area contributed by atoms with E-state index in [2.05, 4.69) is 199 Å². The van der Waals surface area contributed by atoms with Crippen LogP contribution in [-0.4, -0.2) is 221 Å². The molecule has 0 aliphatic carbocycles. The van der Waals surface area contributed by atoms with E-state index in [1.807, 2.05) is 0 Å². The minimum absolute atomic E-state index is 0.126. The number of halogens is 4. The number of aromatic nitrogens is 4. The molecule has 0 spiro atoms. The molecule has 0 saturated heterocycles. The Balaban J connectivity index is 1.61. The fourth-order valence-corrected chi connectivity index (χ4v) is 21.1. The summed E-state index contributed by atoms with van der Waals surface area (Å²) in [6.45, 7) is 67.4. The van der Waals surface area contributed by atoms with Crippen LogP contribution in [0.4, 0.5) is 11.6 Å². The summed E-state index contributed by atoms with van der Waals surface area (Å²) >= 11 is 38.6.